The zero-order valence-corrected chi connectivity index (χ0v) is 14.0. The second-order valence-electron chi connectivity index (χ2n) is 5.70. The summed E-state index contributed by atoms with van der Waals surface area (Å²) < 4.78 is 10.4. The highest BCUT2D eigenvalue weighted by molar-refractivity contribution is 6.05. The summed E-state index contributed by atoms with van der Waals surface area (Å²) in [6.45, 7) is 0. The lowest BCUT2D eigenvalue weighted by Gasteiger charge is -2.10. The molecule has 130 valence electrons. The zero-order valence-electron chi connectivity index (χ0n) is 14.0. The Kier molecular flexibility index (Phi) is 4.83. The average Bonchev–Trinajstić information content (AvgIpc) is 3.45. The number of amides is 2. The van der Waals surface area contributed by atoms with E-state index in [0.29, 0.717) is 22.7 Å². The maximum atomic E-state index is 12.4. The maximum absolute atomic E-state index is 12.4. The predicted molar refractivity (Wildman–Crippen MR) is 92.2 cm³/mol. The monoisotopic (exact) mass is 341 g/mol. The number of benzene rings is 1. The van der Waals surface area contributed by atoms with Gasteiger partial charge in [0.25, 0.3) is 11.8 Å². The first-order valence-corrected chi connectivity index (χ1v) is 7.91. The van der Waals surface area contributed by atoms with Gasteiger partial charge in [0.1, 0.15) is 5.69 Å². The first kappa shape index (κ1) is 16.8. The van der Waals surface area contributed by atoms with Crippen molar-refractivity contribution in [1.29, 1.82) is 0 Å². The molecule has 1 saturated carbocycles. The number of hydrogen-bond donors (Lipinski definition) is 2. The topological polar surface area (TPSA) is 89.5 Å². The maximum Gasteiger partial charge on any atom is 0.274 e. The zero-order chi connectivity index (χ0) is 17.8. The Labute approximate surface area is 145 Å². The quantitative estimate of drug-likeness (QED) is 0.841. The van der Waals surface area contributed by atoms with Crippen LogP contribution >= 0.6 is 0 Å². The van der Waals surface area contributed by atoms with E-state index in [2.05, 4.69) is 15.6 Å². The van der Waals surface area contributed by atoms with Gasteiger partial charge in [-0.15, -0.1) is 0 Å². The van der Waals surface area contributed by atoms with Crippen LogP contribution in [0.2, 0.25) is 0 Å². The molecule has 1 aromatic heterocycles. The molecule has 0 aliphatic heterocycles. The average molecular weight is 341 g/mol. The lowest BCUT2D eigenvalue weighted by molar-refractivity contribution is 0.0951. The van der Waals surface area contributed by atoms with Crippen LogP contribution in [0.4, 0.5) is 5.69 Å². The molecule has 1 aromatic carbocycles. The molecule has 2 aromatic rings. The molecule has 1 aliphatic rings. The minimum atomic E-state index is -0.409. The van der Waals surface area contributed by atoms with Gasteiger partial charge in [0.2, 0.25) is 0 Å². The minimum absolute atomic E-state index is 0.165. The van der Waals surface area contributed by atoms with Crippen LogP contribution in [0.3, 0.4) is 0 Å². The fraction of sp³-hybridized carbons (Fsp3) is 0.278. The molecule has 0 spiro atoms. The number of carbonyl (C=O) groups excluding carboxylic acids is 2. The number of aromatic nitrogens is 1. The van der Waals surface area contributed by atoms with E-state index in [1.165, 1.54) is 26.5 Å². The molecule has 1 aliphatic carbocycles. The van der Waals surface area contributed by atoms with Crippen molar-refractivity contribution in [3.05, 3.63) is 47.8 Å². The molecule has 3 rings (SSSR count). The van der Waals surface area contributed by atoms with E-state index in [1.807, 2.05) is 0 Å². The van der Waals surface area contributed by atoms with Gasteiger partial charge in [-0.3, -0.25) is 14.6 Å². The lowest BCUT2D eigenvalue weighted by atomic mass is 10.2. The Morgan fingerprint density at radius 3 is 2.48 bits per heavy atom. The number of nitrogens with one attached hydrogen (secondary N) is 2. The van der Waals surface area contributed by atoms with E-state index in [-0.39, 0.29) is 17.6 Å². The number of hydrogen-bond acceptors (Lipinski definition) is 5. The van der Waals surface area contributed by atoms with Crippen molar-refractivity contribution in [2.75, 3.05) is 19.5 Å². The van der Waals surface area contributed by atoms with E-state index in [0.717, 1.165) is 12.8 Å². The highest BCUT2D eigenvalue weighted by atomic mass is 16.5. The van der Waals surface area contributed by atoms with Crippen molar-refractivity contribution in [1.82, 2.24) is 10.3 Å². The number of rotatable bonds is 6. The van der Waals surface area contributed by atoms with Crippen LogP contribution < -0.4 is 20.1 Å². The molecule has 1 heterocycles. The lowest BCUT2D eigenvalue weighted by Crippen LogP contribution is -2.26. The molecule has 0 unspecified atom stereocenters. The van der Waals surface area contributed by atoms with Gasteiger partial charge in [-0.1, -0.05) is 0 Å². The molecular formula is C18H19N3O4. The molecule has 2 N–H and O–H groups in total. The molecular weight excluding hydrogens is 322 g/mol. The van der Waals surface area contributed by atoms with E-state index in [9.17, 15) is 9.59 Å². The summed E-state index contributed by atoms with van der Waals surface area (Å²) in [6, 6.07) is 8.37. The van der Waals surface area contributed by atoms with E-state index in [1.54, 1.807) is 24.3 Å². The molecule has 7 nitrogen and oxygen atoms in total. The Hall–Kier alpha value is -3.09. The Balaban J connectivity index is 1.73. The first-order valence-electron chi connectivity index (χ1n) is 7.91. The molecule has 7 heteroatoms. The molecule has 1 fully saturated rings. The summed E-state index contributed by atoms with van der Waals surface area (Å²) in [6.07, 6.45) is 3.46. The summed E-state index contributed by atoms with van der Waals surface area (Å²) in [5, 5.41) is 5.62. The number of nitrogens with zero attached hydrogens (tertiary/aromatic N) is 1. The molecule has 2 amide bonds. The van der Waals surface area contributed by atoms with Crippen LogP contribution in [0.25, 0.3) is 0 Å². The number of methoxy groups -OCH3 is 2. The van der Waals surface area contributed by atoms with Crippen LogP contribution in [0.5, 0.6) is 11.5 Å². The normalized spacial score (nSPS) is 13.0. The smallest absolute Gasteiger partial charge is 0.274 e. The van der Waals surface area contributed by atoms with Gasteiger partial charge in [0.05, 0.1) is 14.2 Å². The largest absolute Gasteiger partial charge is 0.493 e. The van der Waals surface area contributed by atoms with Crippen LogP contribution in [-0.2, 0) is 0 Å². The molecule has 25 heavy (non-hydrogen) atoms. The first-order chi connectivity index (χ1) is 12.1. The van der Waals surface area contributed by atoms with E-state index < -0.39 is 5.91 Å². The summed E-state index contributed by atoms with van der Waals surface area (Å²) in [7, 11) is 3.06. The Bertz CT molecular complexity index is 803. The van der Waals surface area contributed by atoms with Gasteiger partial charge in [-0.2, -0.15) is 0 Å². The summed E-state index contributed by atoms with van der Waals surface area (Å²) in [5.41, 5.74) is 1.12. The molecule has 0 saturated heterocycles. The van der Waals surface area contributed by atoms with Gasteiger partial charge in [-0.25, -0.2) is 0 Å². The van der Waals surface area contributed by atoms with Crippen molar-refractivity contribution >= 4 is 17.5 Å². The second-order valence-corrected chi connectivity index (χ2v) is 5.70. The van der Waals surface area contributed by atoms with Gasteiger partial charge in [0, 0.05) is 29.6 Å². The minimum Gasteiger partial charge on any atom is -0.493 e. The van der Waals surface area contributed by atoms with Crippen molar-refractivity contribution in [2.24, 2.45) is 0 Å². The van der Waals surface area contributed by atoms with E-state index >= 15 is 0 Å². The number of pyridine rings is 1. The highest BCUT2D eigenvalue weighted by Gasteiger charge is 2.24. The number of ether oxygens (including phenoxy) is 2. The predicted octanol–water partition coefficient (Wildman–Crippen LogP) is 2.24. The fourth-order valence-electron chi connectivity index (χ4n) is 2.30. The molecule has 0 atom stereocenters. The van der Waals surface area contributed by atoms with Crippen LogP contribution in [-0.4, -0.2) is 37.1 Å². The van der Waals surface area contributed by atoms with E-state index in [4.69, 9.17) is 9.47 Å². The van der Waals surface area contributed by atoms with Crippen molar-refractivity contribution in [3.63, 3.8) is 0 Å². The van der Waals surface area contributed by atoms with Gasteiger partial charge >= 0.3 is 0 Å². The summed E-state index contributed by atoms with van der Waals surface area (Å²) in [4.78, 5) is 28.5. The number of anilines is 1. The standard InChI is InChI=1S/C18H19N3O4/c1-24-15-6-5-13(10-16(15)25-2)21-18(23)14-9-11(7-8-19-14)17(22)20-12-3-4-12/h5-10,12H,3-4H2,1-2H3,(H,20,22)(H,21,23). The fourth-order valence-corrected chi connectivity index (χ4v) is 2.30. The third kappa shape index (κ3) is 4.06. The number of carbonyl (C=O) groups is 2. The Morgan fingerprint density at radius 1 is 1.04 bits per heavy atom. The summed E-state index contributed by atoms with van der Waals surface area (Å²) >= 11 is 0. The van der Waals surface area contributed by atoms with Crippen molar-refractivity contribution in [3.8, 4) is 11.5 Å². The SMILES string of the molecule is COc1ccc(NC(=O)c2cc(C(=O)NC3CC3)ccn2)cc1OC. The third-order valence-electron chi connectivity index (χ3n) is 3.81. The second kappa shape index (κ2) is 7.21. The van der Waals surface area contributed by atoms with Crippen LogP contribution in [0, 0.1) is 0 Å². The summed E-state index contributed by atoms with van der Waals surface area (Å²) in [5.74, 6) is 0.474. The van der Waals surface area contributed by atoms with Gasteiger partial charge < -0.3 is 20.1 Å². The van der Waals surface area contributed by atoms with Crippen LogP contribution in [0.15, 0.2) is 36.5 Å². The molecule has 0 radical (unpaired) electrons. The van der Waals surface area contributed by atoms with Crippen molar-refractivity contribution < 1.29 is 19.1 Å². The van der Waals surface area contributed by atoms with Gasteiger partial charge in [-0.05, 0) is 37.1 Å². The van der Waals surface area contributed by atoms with Gasteiger partial charge in [0.15, 0.2) is 11.5 Å². The van der Waals surface area contributed by atoms with Crippen molar-refractivity contribution in [2.45, 2.75) is 18.9 Å². The Morgan fingerprint density at radius 2 is 1.80 bits per heavy atom. The van der Waals surface area contributed by atoms with Crippen LogP contribution in [0.1, 0.15) is 33.7 Å². The highest BCUT2D eigenvalue weighted by Crippen LogP contribution is 2.29. The third-order valence-corrected chi connectivity index (χ3v) is 3.81. The molecule has 0 bridgehead atoms.